The number of rotatable bonds is 3. The minimum atomic E-state index is -0.462. The number of carbonyl (C=O) groups excluding carboxylic acids is 1. The second-order valence-electron chi connectivity index (χ2n) is 7.95. The van der Waals surface area contributed by atoms with Crippen LogP contribution in [0.4, 0.5) is 0 Å². The third kappa shape index (κ3) is 2.87. The first-order valence-corrected chi connectivity index (χ1v) is 8.67. The first-order chi connectivity index (χ1) is 11.6. The molecule has 6 heteroatoms. The number of aromatic nitrogens is 1. The van der Waals surface area contributed by atoms with E-state index in [1.807, 2.05) is 39.8 Å². The van der Waals surface area contributed by atoms with Gasteiger partial charge in [-0.15, -0.1) is 0 Å². The first kappa shape index (κ1) is 18.0. The third-order valence-electron chi connectivity index (χ3n) is 5.36. The van der Waals surface area contributed by atoms with Gasteiger partial charge in [-0.1, -0.05) is 13.8 Å². The maximum absolute atomic E-state index is 11.9. The zero-order chi connectivity index (χ0) is 18.6. The lowest BCUT2D eigenvalue weighted by atomic mass is 9.78. The highest BCUT2D eigenvalue weighted by molar-refractivity contribution is 6.62. The summed E-state index contributed by atoms with van der Waals surface area (Å²) in [6.07, 6.45) is 0. The molecule has 0 aliphatic carbocycles. The molecule has 2 aromatic rings. The summed E-state index contributed by atoms with van der Waals surface area (Å²) >= 11 is 0. The molecule has 1 aromatic heterocycles. The van der Waals surface area contributed by atoms with E-state index in [0.29, 0.717) is 5.56 Å². The normalized spacial score (nSPS) is 19.0. The van der Waals surface area contributed by atoms with Gasteiger partial charge in [0.15, 0.2) is 0 Å². The van der Waals surface area contributed by atoms with Crippen molar-refractivity contribution in [2.75, 3.05) is 7.11 Å². The van der Waals surface area contributed by atoms with Crippen molar-refractivity contribution in [3.05, 3.63) is 29.3 Å². The summed E-state index contributed by atoms with van der Waals surface area (Å²) in [5.74, 6) is -0.0920. The Bertz CT molecular complexity index is 806. The number of benzene rings is 1. The summed E-state index contributed by atoms with van der Waals surface area (Å²) in [4.78, 5) is 15.3. The lowest BCUT2D eigenvalue weighted by Crippen LogP contribution is -2.41. The fraction of sp³-hybridized carbons (Fsp3) is 0.526. The van der Waals surface area contributed by atoms with Crippen molar-refractivity contribution in [1.29, 1.82) is 0 Å². The van der Waals surface area contributed by atoms with Gasteiger partial charge < -0.3 is 19.0 Å². The second-order valence-corrected chi connectivity index (χ2v) is 7.95. The summed E-state index contributed by atoms with van der Waals surface area (Å²) in [5.41, 5.74) is 2.73. The van der Waals surface area contributed by atoms with Crippen LogP contribution in [0.3, 0.4) is 0 Å². The zero-order valence-electron chi connectivity index (χ0n) is 16.0. The van der Waals surface area contributed by atoms with Crippen LogP contribution >= 0.6 is 0 Å². The smallest absolute Gasteiger partial charge is 0.465 e. The summed E-state index contributed by atoms with van der Waals surface area (Å²) in [5, 5.41) is 1.00. The largest absolute Gasteiger partial charge is 0.512 e. The summed E-state index contributed by atoms with van der Waals surface area (Å²) in [6, 6.07) is 5.55. The molecule has 2 heterocycles. The van der Waals surface area contributed by atoms with E-state index < -0.39 is 18.3 Å². The molecule has 1 saturated heterocycles. The summed E-state index contributed by atoms with van der Waals surface area (Å²) < 4.78 is 17.3. The van der Waals surface area contributed by atoms with Crippen LogP contribution in [0.5, 0.6) is 0 Å². The third-order valence-corrected chi connectivity index (χ3v) is 5.36. The van der Waals surface area contributed by atoms with E-state index in [1.54, 1.807) is 6.07 Å². The molecule has 0 atom stereocenters. The van der Waals surface area contributed by atoms with Crippen LogP contribution in [0.15, 0.2) is 18.2 Å². The molecule has 0 spiro atoms. The quantitative estimate of drug-likeness (QED) is 0.686. The average Bonchev–Trinajstić information content (AvgIpc) is 3.00. The molecule has 0 saturated carbocycles. The minimum Gasteiger partial charge on any atom is -0.465 e. The van der Waals surface area contributed by atoms with Crippen molar-refractivity contribution in [1.82, 2.24) is 4.98 Å². The molecule has 1 aliphatic rings. The van der Waals surface area contributed by atoms with Crippen LogP contribution in [0.2, 0.25) is 0 Å². The Balaban J connectivity index is 2.13. The number of fused-ring (bicyclic) bond motifs is 1. The second kappa shape index (κ2) is 5.89. The van der Waals surface area contributed by atoms with Gasteiger partial charge >= 0.3 is 13.1 Å². The van der Waals surface area contributed by atoms with Gasteiger partial charge in [-0.05, 0) is 57.4 Å². The molecule has 1 N–H and O–H groups in total. The Hall–Kier alpha value is -1.79. The van der Waals surface area contributed by atoms with Crippen molar-refractivity contribution in [2.45, 2.75) is 58.7 Å². The molecular formula is C19H26BNO4. The maximum Gasteiger partial charge on any atom is 0.512 e. The Labute approximate surface area is 149 Å². The van der Waals surface area contributed by atoms with Crippen molar-refractivity contribution < 1.29 is 18.8 Å². The number of aromatic amines is 1. The molecule has 0 bridgehead atoms. The minimum absolute atomic E-state index is 0.246. The Kier molecular flexibility index (Phi) is 4.24. The molecule has 134 valence electrons. The van der Waals surface area contributed by atoms with E-state index in [9.17, 15) is 4.79 Å². The maximum atomic E-state index is 11.9. The van der Waals surface area contributed by atoms with Crippen molar-refractivity contribution >= 4 is 29.6 Å². The number of H-pyrrole nitrogens is 1. The van der Waals surface area contributed by atoms with E-state index in [4.69, 9.17) is 14.0 Å². The Morgan fingerprint density at radius 2 is 1.76 bits per heavy atom. The standard InChI is InChI=1S/C19H26BNO4/c1-11(2)15-13-10-12(17(22)23-7)8-9-14(13)21-16(15)20-24-18(3,4)19(5,6)25-20/h8-11,21H,1-7H3. The van der Waals surface area contributed by atoms with Crippen LogP contribution in [0.25, 0.3) is 10.9 Å². The molecule has 1 aliphatic heterocycles. The molecule has 0 radical (unpaired) electrons. The fourth-order valence-electron chi connectivity index (χ4n) is 3.25. The van der Waals surface area contributed by atoms with Gasteiger partial charge in [0.25, 0.3) is 0 Å². The van der Waals surface area contributed by atoms with Gasteiger partial charge in [-0.25, -0.2) is 4.79 Å². The molecule has 0 amide bonds. The summed E-state index contributed by atoms with van der Waals surface area (Å²) in [6.45, 7) is 12.4. The van der Waals surface area contributed by atoms with Crippen molar-refractivity contribution in [2.24, 2.45) is 0 Å². The molecule has 3 rings (SSSR count). The van der Waals surface area contributed by atoms with Crippen LogP contribution in [-0.2, 0) is 14.0 Å². The van der Waals surface area contributed by atoms with E-state index in [1.165, 1.54) is 7.11 Å². The number of nitrogens with one attached hydrogen (secondary N) is 1. The molecule has 1 aromatic carbocycles. The monoisotopic (exact) mass is 343 g/mol. The van der Waals surface area contributed by atoms with Gasteiger partial charge in [0, 0.05) is 16.5 Å². The van der Waals surface area contributed by atoms with Gasteiger partial charge in [0.1, 0.15) is 0 Å². The van der Waals surface area contributed by atoms with E-state index in [-0.39, 0.29) is 11.9 Å². The Morgan fingerprint density at radius 3 is 2.28 bits per heavy atom. The van der Waals surface area contributed by atoms with E-state index in [0.717, 1.165) is 22.1 Å². The fourth-order valence-corrected chi connectivity index (χ4v) is 3.25. The SMILES string of the molecule is COC(=O)c1ccc2[nH]c(B3OC(C)(C)C(C)(C)O3)c(C(C)C)c2c1. The topological polar surface area (TPSA) is 60.6 Å². The van der Waals surface area contributed by atoms with Crippen LogP contribution in [-0.4, -0.2) is 36.4 Å². The number of hydrogen-bond donors (Lipinski definition) is 1. The molecule has 0 unspecified atom stereocenters. The highest BCUT2D eigenvalue weighted by Crippen LogP contribution is 2.37. The van der Waals surface area contributed by atoms with Gasteiger partial charge in [-0.2, -0.15) is 0 Å². The highest BCUT2D eigenvalue weighted by atomic mass is 16.7. The number of carbonyl (C=O) groups is 1. The van der Waals surface area contributed by atoms with E-state index >= 15 is 0 Å². The summed E-state index contributed by atoms with van der Waals surface area (Å²) in [7, 11) is 0.930. The lowest BCUT2D eigenvalue weighted by Gasteiger charge is -2.32. The highest BCUT2D eigenvalue weighted by Gasteiger charge is 2.53. The Morgan fingerprint density at radius 1 is 1.16 bits per heavy atom. The lowest BCUT2D eigenvalue weighted by molar-refractivity contribution is 0.00578. The average molecular weight is 343 g/mol. The predicted molar refractivity (Wildman–Crippen MR) is 99.4 cm³/mol. The molecule has 25 heavy (non-hydrogen) atoms. The number of esters is 1. The van der Waals surface area contributed by atoms with E-state index in [2.05, 4.69) is 18.8 Å². The van der Waals surface area contributed by atoms with Gasteiger partial charge in [-0.3, -0.25) is 0 Å². The molecule has 1 fully saturated rings. The molecule has 5 nitrogen and oxygen atoms in total. The number of methoxy groups -OCH3 is 1. The van der Waals surface area contributed by atoms with Crippen molar-refractivity contribution in [3.8, 4) is 0 Å². The first-order valence-electron chi connectivity index (χ1n) is 8.67. The predicted octanol–water partition coefficient (Wildman–Crippen LogP) is 3.38. The van der Waals surface area contributed by atoms with Crippen LogP contribution in [0, 0.1) is 0 Å². The van der Waals surface area contributed by atoms with Crippen LogP contribution < -0.4 is 5.59 Å². The molecular weight excluding hydrogens is 317 g/mol. The van der Waals surface area contributed by atoms with Gasteiger partial charge in [0.05, 0.1) is 23.9 Å². The van der Waals surface area contributed by atoms with Gasteiger partial charge in [0.2, 0.25) is 0 Å². The van der Waals surface area contributed by atoms with Crippen molar-refractivity contribution in [3.63, 3.8) is 0 Å². The zero-order valence-corrected chi connectivity index (χ0v) is 16.0. The number of ether oxygens (including phenoxy) is 1. The van der Waals surface area contributed by atoms with Crippen LogP contribution in [0.1, 0.15) is 63.4 Å². The number of hydrogen-bond acceptors (Lipinski definition) is 4.